The zero-order valence-corrected chi connectivity index (χ0v) is 28.5. The fourth-order valence-corrected chi connectivity index (χ4v) is 5.60. The maximum absolute atomic E-state index is 14.5. The number of carbonyl (C=O) groups is 2. The topological polar surface area (TPSA) is 78.6 Å². The molecule has 0 radical (unpaired) electrons. The first-order valence-electron chi connectivity index (χ1n) is 15.9. The quantitative estimate of drug-likeness (QED) is 0.135. The minimum absolute atomic E-state index is 0.0872. The van der Waals surface area contributed by atoms with Crippen LogP contribution in [0.4, 0.5) is 17.6 Å². The summed E-state index contributed by atoms with van der Waals surface area (Å²) in [5.74, 6) is -2.77. The molecular formula is C39H43F4NO4. The number of benzene rings is 4. The molecule has 5 nitrogen and oxygen atoms in total. The van der Waals surface area contributed by atoms with Crippen LogP contribution >= 0.6 is 0 Å². The summed E-state index contributed by atoms with van der Waals surface area (Å²) in [6.07, 6.45) is -0.0478. The van der Waals surface area contributed by atoms with Crippen molar-refractivity contribution in [1.82, 2.24) is 0 Å². The van der Waals surface area contributed by atoms with Gasteiger partial charge in [-0.3, -0.25) is 9.59 Å². The number of carbonyl (C=O) groups excluding carboxylic acids is 2. The van der Waals surface area contributed by atoms with Gasteiger partial charge in [-0.05, 0) is 123 Å². The van der Waals surface area contributed by atoms with E-state index in [2.05, 4.69) is 0 Å². The first-order valence-corrected chi connectivity index (χ1v) is 15.9. The third-order valence-corrected chi connectivity index (χ3v) is 7.99. The maximum atomic E-state index is 14.5. The van der Waals surface area contributed by atoms with Crippen LogP contribution in [0.2, 0.25) is 0 Å². The first-order chi connectivity index (χ1) is 22.7. The summed E-state index contributed by atoms with van der Waals surface area (Å²) < 4.78 is 67.2. The van der Waals surface area contributed by atoms with Gasteiger partial charge in [0.1, 0.15) is 23.3 Å². The molecule has 4 aromatic carbocycles. The van der Waals surface area contributed by atoms with Gasteiger partial charge in [0.25, 0.3) is 0 Å². The lowest BCUT2D eigenvalue weighted by atomic mass is 9.90. The Morgan fingerprint density at radius 2 is 1.06 bits per heavy atom. The highest BCUT2D eigenvalue weighted by atomic mass is 19.1. The predicted octanol–water partition coefficient (Wildman–Crippen LogP) is 9.51. The molecule has 0 bridgehead atoms. The SMILES string of the molecule is CCOC(=O)C[C@H](C)c1cc(-c2c(C)cccc2F)cc(C)c1F.CCOC(=O)C[C@H](N)c1cc(-c2c(C)cccc2F)cc(C)c1F. The Balaban J connectivity index is 0.000000260. The number of hydrogen-bond donors (Lipinski definition) is 1. The van der Waals surface area contributed by atoms with Gasteiger partial charge in [-0.2, -0.15) is 0 Å². The molecular weight excluding hydrogens is 622 g/mol. The molecule has 0 aromatic heterocycles. The molecule has 0 amide bonds. The molecule has 0 saturated carbocycles. The molecule has 0 aliphatic rings. The summed E-state index contributed by atoms with van der Waals surface area (Å²) >= 11 is 0. The highest BCUT2D eigenvalue weighted by molar-refractivity contribution is 5.73. The van der Waals surface area contributed by atoms with Crippen molar-refractivity contribution in [3.63, 3.8) is 0 Å². The summed E-state index contributed by atoms with van der Waals surface area (Å²) in [7, 11) is 0. The van der Waals surface area contributed by atoms with Gasteiger partial charge in [0.2, 0.25) is 0 Å². The lowest BCUT2D eigenvalue weighted by molar-refractivity contribution is -0.144. The van der Waals surface area contributed by atoms with E-state index < -0.39 is 17.8 Å². The largest absolute Gasteiger partial charge is 0.466 e. The van der Waals surface area contributed by atoms with Crippen molar-refractivity contribution in [3.8, 4) is 22.3 Å². The van der Waals surface area contributed by atoms with Gasteiger partial charge >= 0.3 is 11.9 Å². The molecule has 9 heteroatoms. The van der Waals surface area contributed by atoms with E-state index in [4.69, 9.17) is 15.2 Å². The van der Waals surface area contributed by atoms with Gasteiger partial charge in [0, 0.05) is 22.7 Å². The number of aryl methyl sites for hydroxylation is 4. The van der Waals surface area contributed by atoms with E-state index in [9.17, 15) is 27.2 Å². The van der Waals surface area contributed by atoms with Gasteiger partial charge in [-0.15, -0.1) is 0 Å². The van der Waals surface area contributed by atoms with Crippen molar-refractivity contribution in [2.24, 2.45) is 5.73 Å². The van der Waals surface area contributed by atoms with Crippen molar-refractivity contribution in [2.45, 2.75) is 73.3 Å². The van der Waals surface area contributed by atoms with E-state index >= 15 is 0 Å². The summed E-state index contributed by atoms with van der Waals surface area (Å²) in [5, 5.41) is 0. The summed E-state index contributed by atoms with van der Waals surface area (Å²) in [6, 6.07) is 15.1. The summed E-state index contributed by atoms with van der Waals surface area (Å²) in [6.45, 7) is 12.6. The van der Waals surface area contributed by atoms with E-state index in [-0.39, 0.29) is 54.4 Å². The molecule has 4 rings (SSSR count). The lowest BCUT2D eigenvalue weighted by Gasteiger charge is -2.17. The van der Waals surface area contributed by atoms with Gasteiger partial charge in [0.15, 0.2) is 0 Å². The van der Waals surface area contributed by atoms with Crippen LogP contribution < -0.4 is 5.73 Å². The number of ether oxygens (including phenoxy) is 2. The average molecular weight is 666 g/mol. The summed E-state index contributed by atoms with van der Waals surface area (Å²) in [5.41, 5.74) is 10.9. The van der Waals surface area contributed by atoms with Crippen molar-refractivity contribution in [2.75, 3.05) is 13.2 Å². The van der Waals surface area contributed by atoms with E-state index in [1.54, 1.807) is 77.9 Å². The summed E-state index contributed by atoms with van der Waals surface area (Å²) in [4.78, 5) is 23.3. The molecule has 0 spiro atoms. The van der Waals surface area contributed by atoms with Crippen LogP contribution in [0.1, 0.15) is 79.0 Å². The molecule has 2 N–H and O–H groups in total. The second-order valence-corrected chi connectivity index (χ2v) is 11.8. The number of esters is 2. The minimum Gasteiger partial charge on any atom is -0.466 e. The van der Waals surface area contributed by atoms with Crippen LogP contribution in [0, 0.1) is 51.0 Å². The Hall–Kier alpha value is -4.50. The van der Waals surface area contributed by atoms with E-state index in [0.29, 0.717) is 45.6 Å². The first kappa shape index (κ1) is 38.0. The van der Waals surface area contributed by atoms with Crippen molar-refractivity contribution in [1.29, 1.82) is 0 Å². The number of rotatable bonds is 10. The van der Waals surface area contributed by atoms with Crippen LogP contribution in [0.15, 0.2) is 60.7 Å². The highest BCUT2D eigenvalue weighted by Gasteiger charge is 2.22. The van der Waals surface area contributed by atoms with Crippen LogP contribution in [0.25, 0.3) is 22.3 Å². The number of nitrogens with two attached hydrogens (primary N) is 1. The molecule has 256 valence electrons. The molecule has 4 aromatic rings. The fourth-order valence-electron chi connectivity index (χ4n) is 5.60. The molecule has 2 atom stereocenters. The van der Waals surface area contributed by atoms with Gasteiger partial charge < -0.3 is 15.2 Å². The van der Waals surface area contributed by atoms with Crippen LogP contribution in [0.3, 0.4) is 0 Å². The normalized spacial score (nSPS) is 12.1. The van der Waals surface area contributed by atoms with Crippen molar-refractivity contribution < 1.29 is 36.6 Å². The Labute approximate surface area is 280 Å². The molecule has 0 aliphatic carbocycles. The highest BCUT2D eigenvalue weighted by Crippen LogP contribution is 2.34. The molecule has 0 fully saturated rings. The standard InChI is InChI=1S/C20H22F2O2.C19H21F2NO2/c1-5-24-18(23)10-13(3)16-11-15(9-14(4)20(16)22)19-12(2)7-6-8-17(19)21;1-4-24-17(23)10-16(22)14-9-13(8-12(3)19(14)21)18-11(2)6-5-7-15(18)20/h6-9,11,13H,5,10H2,1-4H3;5-9,16H,4,10,22H2,1-3H3/t13-;16-/m00/s1. The molecule has 0 heterocycles. The fraction of sp³-hybridized carbons (Fsp3) is 0.333. The molecule has 0 aliphatic heterocycles. The number of hydrogen-bond acceptors (Lipinski definition) is 5. The van der Waals surface area contributed by atoms with Gasteiger partial charge in [-0.1, -0.05) is 31.2 Å². The Kier molecular flexibility index (Phi) is 13.5. The van der Waals surface area contributed by atoms with Crippen LogP contribution in [-0.2, 0) is 19.1 Å². The minimum atomic E-state index is -0.852. The maximum Gasteiger partial charge on any atom is 0.307 e. The molecule has 48 heavy (non-hydrogen) atoms. The average Bonchev–Trinajstić information content (AvgIpc) is 3.00. The van der Waals surface area contributed by atoms with Crippen LogP contribution in [0.5, 0.6) is 0 Å². The number of halogens is 4. The van der Waals surface area contributed by atoms with Crippen molar-refractivity contribution in [3.05, 3.63) is 117 Å². The second kappa shape index (κ2) is 17.1. The van der Waals surface area contributed by atoms with E-state index in [0.717, 1.165) is 11.1 Å². The zero-order valence-electron chi connectivity index (χ0n) is 28.5. The third-order valence-electron chi connectivity index (χ3n) is 7.99. The predicted molar refractivity (Wildman–Crippen MR) is 180 cm³/mol. The molecule has 0 unspecified atom stereocenters. The van der Waals surface area contributed by atoms with Gasteiger partial charge in [0.05, 0.1) is 26.1 Å². The monoisotopic (exact) mass is 665 g/mol. The lowest BCUT2D eigenvalue weighted by Crippen LogP contribution is -2.19. The zero-order chi connectivity index (χ0) is 35.7. The second-order valence-electron chi connectivity index (χ2n) is 11.8. The Bertz CT molecular complexity index is 1600. The Morgan fingerprint density at radius 3 is 1.50 bits per heavy atom. The Morgan fingerprint density at radius 1 is 0.646 bits per heavy atom. The smallest absolute Gasteiger partial charge is 0.307 e. The third kappa shape index (κ3) is 9.31. The van der Waals surface area contributed by atoms with Crippen molar-refractivity contribution >= 4 is 11.9 Å². The van der Waals surface area contributed by atoms with Crippen LogP contribution in [-0.4, -0.2) is 25.2 Å². The van der Waals surface area contributed by atoms with Gasteiger partial charge in [-0.25, -0.2) is 17.6 Å². The molecule has 0 saturated heterocycles. The van der Waals surface area contributed by atoms with E-state index in [1.807, 2.05) is 13.0 Å². The van der Waals surface area contributed by atoms with E-state index in [1.165, 1.54) is 18.2 Å².